The van der Waals surface area contributed by atoms with Crippen LogP contribution in [-0.4, -0.2) is 11.2 Å². The minimum Gasteiger partial charge on any atom is -0.375 e. The SMILES string of the molecule is O=Cc1ccc(NCc2ccc(Br)cc2)c([N+](=O)[O-])c1. The molecule has 0 fully saturated rings. The molecular formula is C14H11BrN2O3. The van der Waals surface area contributed by atoms with E-state index in [4.69, 9.17) is 0 Å². The van der Waals surface area contributed by atoms with Gasteiger partial charge < -0.3 is 5.32 Å². The topological polar surface area (TPSA) is 72.2 Å². The van der Waals surface area contributed by atoms with Gasteiger partial charge in [0, 0.05) is 22.6 Å². The van der Waals surface area contributed by atoms with E-state index in [1.165, 1.54) is 6.07 Å². The van der Waals surface area contributed by atoms with E-state index in [1.807, 2.05) is 24.3 Å². The van der Waals surface area contributed by atoms with E-state index in [1.54, 1.807) is 12.1 Å². The predicted molar refractivity (Wildman–Crippen MR) is 80.0 cm³/mol. The van der Waals surface area contributed by atoms with Crippen LogP contribution < -0.4 is 5.32 Å². The van der Waals surface area contributed by atoms with Gasteiger partial charge in [0.05, 0.1) is 4.92 Å². The Bertz CT molecular complexity index is 641. The first kappa shape index (κ1) is 14.2. The highest BCUT2D eigenvalue weighted by atomic mass is 79.9. The third-order valence-corrected chi connectivity index (χ3v) is 3.28. The predicted octanol–water partition coefficient (Wildman–Crippen LogP) is 3.78. The molecule has 5 nitrogen and oxygen atoms in total. The average molecular weight is 335 g/mol. The van der Waals surface area contributed by atoms with Crippen LogP contribution in [0.5, 0.6) is 0 Å². The van der Waals surface area contributed by atoms with Gasteiger partial charge in [0.25, 0.3) is 5.69 Å². The smallest absolute Gasteiger partial charge is 0.293 e. The zero-order valence-electron chi connectivity index (χ0n) is 10.4. The van der Waals surface area contributed by atoms with E-state index >= 15 is 0 Å². The number of rotatable bonds is 5. The molecule has 0 saturated heterocycles. The monoisotopic (exact) mass is 334 g/mol. The summed E-state index contributed by atoms with van der Waals surface area (Å²) < 4.78 is 0.975. The number of benzene rings is 2. The molecule has 1 N–H and O–H groups in total. The molecule has 0 aromatic heterocycles. The molecule has 6 heteroatoms. The lowest BCUT2D eigenvalue weighted by molar-refractivity contribution is -0.384. The highest BCUT2D eigenvalue weighted by Gasteiger charge is 2.14. The van der Waals surface area contributed by atoms with E-state index in [-0.39, 0.29) is 11.3 Å². The number of nitro groups is 1. The summed E-state index contributed by atoms with van der Waals surface area (Å²) in [6.45, 7) is 0.467. The second-order valence-corrected chi connectivity index (χ2v) is 5.05. The maximum absolute atomic E-state index is 11.0. The standard InChI is InChI=1S/C14H11BrN2O3/c15-12-4-1-10(2-5-12)8-16-13-6-3-11(9-18)7-14(13)17(19)20/h1-7,9,16H,8H2. The van der Waals surface area contributed by atoms with E-state index in [0.717, 1.165) is 10.0 Å². The third kappa shape index (κ3) is 3.42. The van der Waals surface area contributed by atoms with Crippen LogP contribution in [0, 0.1) is 10.1 Å². The molecule has 102 valence electrons. The lowest BCUT2D eigenvalue weighted by atomic mass is 10.1. The maximum atomic E-state index is 11.0. The Morgan fingerprint density at radius 2 is 1.90 bits per heavy atom. The van der Waals surface area contributed by atoms with Crippen LogP contribution in [0.2, 0.25) is 0 Å². The Hall–Kier alpha value is -2.21. The van der Waals surface area contributed by atoms with Crippen LogP contribution in [0.1, 0.15) is 15.9 Å². The third-order valence-electron chi connectivity index (χ3n) is 2.75. The Balaban J connectivity index is 2.18. The fraction of sp³-hybridized carbons (Fsp3) is 0.0714. The molecular weight excluding hydrogens is 324 g/mol. The number of hydrogen-bond donors (Lipinski definition) is 1. The van der Waals surface area contributed by atoms with Crippen molar-refractivity contribution < 1.29 is 9.72 Å². The van der Waals surface area contributed by atoms with Gasteiger partial charge in [-0.3, -0.25) is 14.9 Å². The molecule has 2 aromatic rings. The van der Waals surface area contributed by atoms with Gasteiger partial charge in [0.2, 0.25) is 0 Å². The van der Waals surface area contributed by atoms with Gasteiger partial charge in [0.1, 0.15) is 12.0 Å². The van der Waals surface area contributed by atoms with Crippen molar-refractivity contribution in [1.29, 1.82) is 0 Å². The van der Waals surface area contributed by atoms with Crippen LogP contribution in [-0.2, 0) is 6.54 Å². The summed E-state index contributed by atoms with van der Waals surface area (Å²) in [5, 5.41) is 14.0. The summed E-state index contributed by atoms with van der Waals surface area (Å²) in [6, 6.07) is 12.0. The lowest BCUT2D eigenvalue weighted by Crippen LogP contribution is -2.03. The first-order chi connectivity index (χ1) is 9.60. The van der Waals surface area contributed by atoms with Crippen molar-refractivity contribution in [1.82, 2.24) is 0 Å². The summed E-state index contributed by atoms with van der Waals surface area (Å²) in [5.41, 5.74) is 1.57. The molecule has 0 amide bonds. The molecule has 0 spiro atoms. The Morgan fingerprint density at radius 1 is 1.20 bits per heavy atom. The van der Waals surface area contributed by atoms with Crippen molar-refractivity contribution in [2.45, 2.75) is 6.54 Å². The Kier molecular flexibility index (Phi) is 4.47. The van der Waals surface area contributed by atoms with Crippen LogP contribution in [0.15, 0.2) is 46.9 Å². The number of aldehydes is 1. The quantitative estimate of drug-likeness (QED) is 0.513. The zero-order valence-corrected chi connectivity index (χ0v) is 12.0. The second kappa shape index (κ2) is 6.29. The molecule has 20 heavy (non-hydrogen) atoms. The van der Waals surface area contributed by atoms with Gasteiger partial charge in [-0.1, -0.05) is 28.1 Å². The number of carbonyl (C=O) groups is 1. The van der Waals surface area contributed by atoms with Gasteiger partial charge in [-0.25, -0.2) is 0 Å². The second-order valence-electron chi connectivity index (χ2n) is 4.13. The first-order valence-corrected chi connectivity index (χ1v) is 6.61. The fourth-order valence-corrected chi connectivity index (χ4v) is 1.99. The highest BCUT2D eigenvalue weighted by Crippen LogP contribution is 2.25. The number of anilines is 1. The van der Waals surface area contributed by atoms with Crippen LogP contribution in [0.3, 0.4) is 0 Å². The minimum absolute atomic E-state index is 0.105. The summed E-state index contributed by atoms with van der Waals surface area (Å²) in [5.74, 6) is 0. The number of nitro benzene ring substituents is 1. The maximum Gasteiger partial charge on any atom is 0.293 e. The number of nitrogens with zero attached hydrogens (tertiary/aromatic N) is 1. The largest absolute Gasteiger partial charge is 0.375 e. The molecule has 0 radical (unpaired) electrons. The molecule has 2 aromatic carbocycles. The van der Waals surface area contributed by atoms with Crippen molar-refractivity contribution in [3.05, 3.63) is 68.2 Å². The van der Waals surface area contributed by atoms with Crippen molar-refractivity contribution in [3.8, 4) is 0 Å². The average Bonchev–Trinajstić information content (AvgIpc) is 2.46. The number of carbonyl (C=O) groups excluding carboxylic acids is 1. The van der Waals surface area contributed by atoms with Crippen molar-refractivity contribution in [2.75, 3.05) is 5.32 Å². The van der Waals surface area contributed by atoms with Crippen molar-refractivity contribution in [2.24, 2.45) is 0 Å². The van der Waals surface area contributed by atoms with E-state index in [2.05, 4.69) is 21.2 Å². The van der Waals surface area contributed by atoms with Gasteiger partial charge in [-0.05, 0) is 29.8 Å². The molecule has 0 bridgehead atoms. The van der Waals surface area contributed by atoms with Gasteiger partial charge >= 0.3 is 0 Å². The number of nitrogens with one attached hydrogen (secondary N) is 1. The summed E-state index contributed by atoms with van der Waals surface area (Å²) in [7, 11) is 0. The first-order valence-electron chi connectivity index (χ1n) is 5.82. The normalized spacial score (nSPS) is 10.1. The van der Waals surface area contributed by atoms with Crippen LogP contribution >= 0.6 is 15.9 Å². The van der Waals surface area contributed by atoms with Crippen molar-refractivity contribution in [3.63, 3.8) is 0 Å². The molecule has 0 aliphatic carbocycles. The fourth-order valence-electron chi connectivity index (χ4n) is 1.72. The minimum atomic E-state index is -0.503. The molecule has 0 aliphatic heterocycles. The Labute approximate surface area is 123 Å². The van der Waals surface area contributed by atoms with E-state index in [0.29, 0.717) is 18.5 Å². The Morgan fingerprint density at radius 3 is 2.50 bits per heavy atom. The zero-order chi connectivity index (χ0) is 14.5. The summed E-state index contributed by atoms with van der Waals surface area (Å²) in [4.78, 5) is 21.1. The molecule has 0 saturated carbocycles. The number of halogens is 1. The van der Waals surface area contributed by atoms with E-state index in [9.17, 15) is 14.9 Å². The lowest BCUT2D eigenvalue weighted by Gasteiger charge is -2.07. The summed E-state index contributed by atoms with van der Waals surface area (Å²) in [6.07, 6.45) is 0.589. The highest BCUT2D eigenvalue weighted by molar-refractivity contribution is 9.10. The van der Waals surface area contributed by atoms with E-state index < -0.39 is 4.92 Å². The van der Waals surface area contributed by atoms with Crippen LogP contribution in [0.4, 0.5) is 11.4 Å². The van der Waals surface area contributed by atoms with Gasteiger partial charge in [0.15, 0.2) is 0 Å². The van der Waals surface area contributed by atoms with Crippen molar-refractivity contribution >= 4 is 33.6 Å². The summed E-state index contributed by atoms with van der Waals surface area (Å²) >= 11 is 3.35. The molecule has 2 rings (SSSR count). The van der Waals surface area contributed by atoms with Gasteiger partial charge in [-0.15, -0.1) is 0 Å². The van der Waals surface area contributed by atoms with Crippen LogP contribution in [0.25, 0.3) is 0 Å². The number of hydrogen-bond acceptors (Lipinski definition) is 4. The molecule has 0 unspecified atom stereocenters. The van der Waals surface area contributed by atoms with Gasteiger partial charge in [-0.2, -0.15) is 0 Å². The molecule has 0 heterocycles. The molecule has 0 aliphatic rings. The molecule has 0 atom stereocenters.